The first-order valence-corrected chi connectivity index (χ1v) is 16.9. The second-order valence-electron chi connectivity index (χ2n) is 6.47. The van der Waals surface area contributed by atoms with Gasteiger partial charge in [0, 0.05) is 21.4 Å². The molecule has 0 fully saturated rings. The van der Waals surface area contributed by atoms with Crippen LogP contribution in [0.2, 0.25) is 9.88 Å². The Morgan fingerprint density at radius 1 is 0.742 bits per heavy atom. The molecule has 2 aromatic rings. The number of ether oxygens (including phenoxy) is 2. The number of carbonyl (C=O) groups is 2. The van der Waals surface area contributed by atoms with Crippen molar-refractivity contribution in [1.29, 1.82) is 0 Å². The summed E-state index contributed by atoms with van der Waals surface area (Å²) in [5.74, 6) is 1.20. The summed E-state index contributed by atoms with van der Waals surface area (Å²) in [6.07, 6.45) is 4.12. The van der Waals surface area contributed by atoms with Crippen LogP contribution in [0.5, 0.6) is 11.5 Å². The van der Waals surface area contributed by atoms with Crippen molar-refractivity contribution in [2.75, 3.05) is 13.2 Å². The number of hydrogen-bond acceptors (Lipinski definition) is 6. The second-order valence-corrected chi connectivity index (χ2v) is 10.1. The van der Waals surface area contributed by atoms with Crippen molar-refractivity contribution in [3.63, 3.8) is 0 Å². The van der Waals surface area contributed by atoms with E-state index < -0.39 is 0 Å². The number of unbranched alkanes of at least 4 members (excludes halogenated alkanes) is 2. The monoisotopic (exact) mass is 568 g/mol. The number of para-hydroxylation sites is 2. The molecular weight excluding hydrogens is 535 g/mol. The molecule has 2 aromatic carbocycles. The number of hydrogen-bond donors (Lipinski definition) is 0. The van der Waals surface area contributed by atoms with E-state index in [2.05, 4.69) is 49.0 Å². The van der Waals surface area contributed by atoms with Crippen molar-refractivity contribution >= 4 is 56.6 Å². The molecule has 0 saturated carbocycles. The van der Waals surface area contributed by atoms with Crippen LogP contribution in [0.1, 0.15) is 60.2 Å². The Kier molecular flexibility index (Phi) is 18.5. The third kappa shape index (κ3) is 13.6. The zero-order chi connectivity index (χ0) is 23.5. The number of benzene rings is 2. The second kappa shape index (κ2) is 19.3. The first-order valence-electron chi connectivity index (χ1n) is 10.4. The molecule has 0 aliphatic rings. The maximum absolute atomic E-state index is 11.0. The molecule has 0 saturated heterocycles. The van der Waals surface area contributed by atoms with Gasteiger partial charge < -0.3 is 44.3 Å². The van der Waals surface area contributed by atoms with E-state index in [-0.39, 0.29) is 31.4 Å². The normalized spacial score (nSPS) is 9.16. The van der Waals surface area contributed by atoms with Gasteiger partial charge in [0.15, 0.2) is 0 Å². The Balaban J connectivity index is 0.000000516. The van der Waals surface area contributed by atoms with Gasteiger partial charge in [-0.2, -0.15) is 0 Å². The molecule has 0 aliphatic carbocycles. The predicted octanol–water partition coefficient (Wildman–Crippen LogP) is 5.89. The third-order valence-corrected chi connectivity index (χ3v) is 4.16. The molecule has 0 spiro atoms. The fourth-order valence-electron chi connectivity index (χ4n) is 2.18. The summed E-state index contributed by atoms with van der Waals surface area (Å²) in [4.78, 5) is 26.7. The summed E-state index contributed by atoms with van der Waals surface area (Å²) in [5, 5.41) is -0.728. The van der Waals surface area contributed by atoms with Crippen LogP contribution in [0.25, 0.3) is 0 Å². The fourth-order valence-corrected chi connectivity index (χ4v) is 2.51. The maximum atomic E-state index is 11.0. The van der Waals surface area contributed by atoms with Gasteiger partial charge in [-0.25, -0.2) is 0 Å². The quantitative estimate of drug-likeness (QED) is 0.203. The summed E-state index contributed by atoms with van der Waals surface area (Å²) in [6.45, 7) is 5.45. The number of rotatable bonds is 10. The van der Waals surface area contributed by atoms with E-state index >= 15 is 0 Å². The summed E-state index contributed by atoms with van der Waals surface area (Å²) in [5.41, 5.74) is 0.970. The predicted molar refractivity (Wildman–Crippen MR) is 135 cm³/mol. The molecule has 0 aliphatic heterocycles. The van der Waals surface area contributed by atoms with Crippen molar-refractivity contribution in [3.8, 4) is 11.5 Å². The number of carbonyl (C=O) groups excluding carboxylic acids is 2. The van der Waals surface area contributed by atoms with E-state index in [1.54, 1.807) is 36.4 Å². The summed E-state index contributed by atoms with van der Waals surface area (Å²) in [6, 6.07) is 14.2. The first kappa shape index (κ1) is 29.6. The van der Waals surface area contributed by atoms with Crippen LogP contribution < -0.4 is 9.47 Å². The fraction of sp³-hybridized carbons (Fsp3) is 0.417. The minimum absolute atomic E-state index is 0.230. The van der Waals surface area contributed by atoms with Crippen molar-refractivity contribution in [3.05, 3.63) is 59.7 Å². The van der Waals surface area contributed by atoms with Crippen molar-refractivity contribution in [2.45, 2.75) is 49.4 Å². The van der Waals surface area contributed by atoms with Gasteiger partial charge in [-0.15, -0.1) is 0 Å². The van der Waals surface area contributed by atoms with Gasteiger partial charge in [-0.3, -0.25) is 0 Å². The molecule has 31 heavy (non-hydrogen) atoms. The van der Waals surface area contributed by atoms with E-state index in [9.17, 15) is 9.59 Å². The van der Waals surface area contributed by atoms with Gasteiger partial charge in [0.2, 0.25) is 0 Å². The summed E-state index contributed by atoms with van der Waals surface area (Å²) >= 11 is 9.42. The van der Waals surface area contributed by atoms with Gasteiger partial charge >= 0.3 is 31.0 Å². The van der Waals surface area contributed by atoms with E-state index in [4.69, 9.17) is 9.47 Å². The molecule has 2 rings (SSSR count). The Labute approximate surface area is 208 Å². The van der Waals surface area contributed by atoms with Gasteiger partial charge in [0.05, 0.1) is 13.2 Å². The molecular formula is C24H32O4S2Sn. The standard InChI is InChI=1S/2C11H14O2S.2CH3.Sn/c2*1-2-3-8-13-10-7-5-4-6-9(10)11(12)14;;;/h2*4-7H,2-3,8H2,1H3,(H,12,14);2*1H3;/q;;;;+2/p-2. The van der Waals surface area contributed by atoms with Gasteiger partial charge in [0.1, 0.15) is 11.5 Å². The molecule has 0 aromatic heterocycles. The molecule has 0 N–H and O–H groups in total. The van der Waals surface area contributed by atoms with E-state index in [0.717, 1.165) is 25.7 Å². The first-order chi connectivity index (χ1) is 14.9. The van der Waals surface area contributed by atoms with Gasteiger partial charge in [-0.05, 0) is 37.1 Å². The average Bonchev–Trinajstić information content (AvgIpc) is 2.75. The van der Waals surface area contributed by atoms with Crippen LogP contribution in [0.3, 0.4) is 0 Å². The molecule has 168 valence electrons. The molecule has 0 amide bonds. The molecule has 4 nitrogen and oxygen atoms in total. The Bertz CT molecular complexity index is 705. The summed E-state index contributed by atoms with van der Waals surface area (Å²) in [7, 11) is 0. The van der Waals surface area contributed by atoms with Crippen LogP contribution in [0, 0.1) is 0 Å². The van der Waals surface area contributed by atoms with Gasteiger partial charge in [-0.1, -0.05) is 51.0 Å². The van der Waals surface area contributed by atoms with Crippen molar-refractivity contribution in [1.82, 2.24) is 0 Å². The van der Waals surface area contributed by atoms with E-state index in [0.29, 0.717) is 35.8 Å². The Morgan fingerprint density at radius 3 is 1.35 bits per heavy atom. The average molecular weight is 567 g/mol. The SMILES string of the molecule is CCCCOc1ccccc1C(=O)[S-].CCCCOc1ccccc1C(=O)[S-].[CH3][Sn+2][CH3]. The molecule has 7 heteroatoms. The van der Waals surface area contributed by atoms with E-state index in [1.807, 2.05) is 12.1 Å². The van der Waals surface area contributed by atoms with Crippen LogP contribution >= 0.6 is 0 Å². The zero-order valence-corrected chi connectivity index (χ0v) is 23.3. The molecule has 0 unspecified atom stereocenters. The van der Waals surface area contributed by atoms with Crippen LogP contribution in [0.15, 0.2) is 48.5 Å². The summed E-state index contributed by atoms with van der Waals surface area (Å²) < 4.78 is 10.9. The van der Waals surface area contributed by atoms with Crippen LogP contribution in [-0.4, -0.2) is 44.6 Å². The Morgan fingerprint density at radius 2 is 1.06 bits per heavy atom. The minimum atomic E-state index is -0.364. The third-order valence-electron chi connectivity index (χ3n) is 3.72. The molecule has 0 bridgehead atoms. The van der Waals surface area contributed by atoms with Crippen molar-refractivity contribution in [2.24, 2.45) is 0 Å². The molecule has 0 radical (unpaired) electrons. The van der Waals surface area contributed by atoms with Gasteiger partial charge in [0.25, 0.3) is 0 Å². The Hall–Kier alpha value is -1.38. The topological polar surface area (TPSA) is 52.6 Å². The zero-order valence-electron chi connectivity index (χ0n) is 18.8. The van der Waals surface area contributed by atoms with E-state index in [1.165, 1.54) is 0 Å². The molecule has 0 heterocycles. The van der Waals surface area contributed by atoms with Crippen molar-refractivity contribution < 1.29 is 19.1 Å². The van der Waals surface area contributed by atoms with Crippen LogP contribution in [0.4, 0.5) is 0 Å². The molecule has 0 atom stereocenters. The van der Waals surface area contributed by atoms with Crippen LogP contribution in [-0.2, 0) is 25.3 Å².